The number of anilines is 1. The minimum Gasteiger partial charge on any atom is -0.383 e. The van der Waals surface area contributed by atoms with Gasteiger partial charge >= 0.3 is 0 Å². The third-order valence-electron chi connectivity index (χ3n) is 5.72. The summed E-state index contributed by atoms with van der Waals surface area (Å²) in [4.78, 5) is 30.0. The quantitative estimate of drug-likeness (QED) is 0.411. The van der Waals surface area contributed by atoms with E-state index in [1.54, 1.807) is 35.9 Å². The molecule has 2 N–H and O–H groups in total. The van der Waals surface area contributed by atoms with Crippen LogP contribution in [-0.4, -0.2) is 41.0 Å². The Morgan fingerprint density at radius 3 is 2.59 bits per heavy atom. The number of amides is 2. The average Bonchev–Trinajstić information content (AvgIpc) is 3.29. The van der Waals surface area contributed by atoms with Crippen LogP contribution in [0.3, 0.4) is 0 Å². The molecule has 2 amide bonds. The molecule has 0 unspecified atom stereocenters. The van der Waals surface area contributed by atoms with Gasteiger partial charge in [0.2, 0.25) is 0 Å². The SMILES string of the molecule is COC[C@H](NC(=O)c1ccc(F)c(NC(=O)c2cnc3ccccn23)c1)[C@@H](C)c1ccccc1. The summed E-state index contributed by atoms with van der Waals surface area (Å²) in [6.45, 7) is 2.31. The Labute approximate surface area is 196 Å². The predicted molar refractivity (Wildman–Crippen MR) is 128 cm³/mol. The zero-order chi connectivity index (χ0) is 24.1. The van der Waals surface area contributed by atoms with Crippen LogP contribution in [0.2, 0.25) is 0 Å². The zero-order valence-electron chi connectivity index (χ0n) is 18.9. The van der Waals surface area contributed by atoms with Gasteiger partial charge in [0, 0.05) is 24.8 Å². The van der Waals surface area contributed by atoms with Crippen molar-refractivity contribution < 1.29 is 18.7 Å². The number of ether oxygens (including phenoxy) is 1. The topological polar surface area (TPSA) is 84.7 Å². The average molecular weight is 461 g/mol. The molecule has 2 aromatic heterocycles. The lowest BCUT2D eigenvalue weighted by molar-refractivity contribution is 0.0882. The van der Waals surface area contributed by atoms with Crippen LogP contribution in [0.15, 0.2) is 79.1 Å². The van der Waals surface area contributed by atoms with E-state index in [-0.39, 0.29) is 28.9 Å². The van der Waals surface area contributed by atoms with Crippen molar-refractivity contribution in [3.05, 3.63) is 102 Å². The molecule has 0 aliphatic heterocycles. The van der Waals surface area contributed by atoms with Crippen molar-refractivity contribution in [1.29, 1.82) is 0 Å². The Kier molecular flexibility index (Phi) is 6.98. The van der Waals surface area contributed by atoms with Crippen molar-refractivity contribution in [2.75, 3.05) is 19.0 Å². The number of carbonyl (C=O) groups is 2. The Morgan fingerprint density at radius 2 is 1.82 bits per heavy atom. The Hall–Kier alpha value is -4.04. The second-order valence-corrected chi connectivity index (χ2v) is 7.96. The Morgan fingerprint density at radius 1 is 1.06 bits per heavy atom. The van der Waals surface area contributed by atoms with Crippen LogP contribution < -0.4 is 10.6 Å². The van der Waals surface area contributed by atoms with Crippen LogP contribution in [0, 0.1) is 5.82 Å². The molecule has 4 aromatic rings. The number of rotatable bonds is 8. The number of pyridine rings is 1. The number of fused-ring (bicyclic) bond motifs is 1. The van der Waals surface area contributed by atoms with Gasteiger partial charge in [-0.1, -0.05) is 43.3 Å². The van der Waals surface area contributed by atoms with Gasteiger partial charge in [0.15, 0.2) is 0 Å². The van der Waals surface area contributed by atoms with E-state index in [2.05, 4.69) is 15.6 Å². The first-order valence-electron chi connectivity index (χ1n) is 10.9. The lowest BCUT2D eigenvalue weighted by Crippen LogP contribution is -2.41. The minimum absolute atomic E-state index is 0.0140. The summed E-state index contributed by atoms with van der Waals surface area (Å²) >= 11 is 0. The van der Waals surface area contributed by atoms with E-state index in [0.29, 0.717) is 12.3 Å². The van der Waals surface area contributed by atoms with Crippen molar-refractivity contribution in [3.8, 4) is 0 Å². The highest BCUT2D eigenvalue weighted by molar-refractivity contribution is 6.04. The van der Waals surface area contributed by atoms with Gasteiger partial charge in [-0.3, -0.25) is 14.0 Å². The van der Waals surface area contributed by atoms with E-state index in [1.165, 1.54) is 18.3 Å². The molecule has 0 aliphatic rings. The third kappa shape index (κ3) is 4.97. The van der Waals surface area contributed by atoms with Crippen LogP contribution in [0.4, 0.5) is 10.1 Å². The Balaban J connectivity index is 1.52. The van der Waals surface area contributed by atoms with Gasteiger partial charge < -0.3 is 15.4 Å². The van der Waals surface area contributed by atoms with E-state index in [0.717, 1.165) is 11.6 Å². The van der Waals surface area contributed by atoms with E-state index >= 15 is 0 Å². The van der Waals surface area contributed by atoms with Crippen LogP contribution >= 0.6 is 0 Å². The molecule has 2 heterocycles. The summed E-state index contributed by atoms with van der Waals surface area (Å²) in [6, 6.07) is 18.7. The van der Waals surface area contributed by atoms with Gasteiger partial charge in [-0.15, -0.1) is 0 Å². The van der Waals surface area contributed by atoms with Crippen molar-refractivity contribution in [3.63, 3.8) is 0 Å². The second kappa shape index (κ2) is 10.3. The first-order valence-corrected chi connectivity index (χ1v) is 10.9. The number of imidazole rings is 1. The van der Waals surface area contributed by atoms with Crippen molar-refractivity contribution in [2.45, 2.75) is 18.9 Å². The van der Waals surface area contributed by atoms with E-state index in [1.807, 2.05) is 37.3 Å². The van der Waals surface area contributed by atoms with Crippen LogP contribution in [-0.2, 0) is 4.74 Å². The van der Waals surface area contributed by atoms with Gasteiger partial charge in [0.05, 0.1) is 24.5 Å². The summed E-state index contributed by atoms with van der Waals surface area (Å²) in [6.07, 6.45) is 3.11. The van der Waals surface area contributed by atoms with Gasteiger partial charge in [0.1, 0.15) is 17.2 Å². The number of carbonyl (C=O) groups excluding carboxylic acids is 2. The number of hydrogen-bond donors (Lipinski definition) is 2. The molecule has 34 heavy (non-hydrogen) atoms. The normalized spacial score (nSPS) is 12.8. The third-order valence-corrected chi connectivity index (χ3v) is 5.72. The van der Waals surface area contributed by atoms with Crippen LogP contribution in [0.5, 0.6) is 0 Å². The maximum atomic E-state index is 14.5. The molecular weight excluding hydrogens is 435 g/mol. The lowest BCUT2D eigenvalue weighted by atomic mass is 9.93. The molecule has 2 atom stereocenters. The maximum absolute atomic E-state index is 14.5. The summed E-state index contributed by atoms with van der Waals surface area (Å²) in [5.74, 6) is -1.59. The summed E-state index contributed by atoms with van der Waals surface area (Å²) < 4.78 is 21.4. The molecule has 0 saturated heterocycles. The predicted octanol–water partition coefficient (Wildman–Crippen LogP) is 4.27. The van der Waals surface area contributed by atoms with E-state index in [9.17, 15) is 14.0 Å². The molecule has 0 radical (unpaired) electrons. The number of nitrogens with one attached hydrogen (secondary N) is 2. The van der Waals surface area contributed by atoms with Gasteiger partial charge in [0.25, 0.3) is 11.8 Å². The standard InChI is InChI=1S/C26H25FN4O3/c1-17(18-8-4-3-5-9-18)22(16-34-2)30-25(32)19-11-12-20(27)21(14-19)29-26(33)23-15-28-24-10-6-7-13-31(23)24/h3-15,17,22H,16H2,1-2H3,(H,29,33)(H,30,32)/t17-,22-/m0/s1. The van der Waals surface area contributed by atoms with Crippen molar-refractivity contribution >= 4 is 23.1 Å². The molecule has 0 fully saturated rings. The second-order valence-electron chi connectivity index (χ2n) is 7.96. The molecule has 0 bridgehead atoms. The smallest absolute Gasteiger partial charge is 0.274 e. The van der Waals surface area contributed by atoms with Gasteiger partial charge in [-0.05, 0) is 35.9 Å². The molecule has 2 aromatic carbocycles. The van der Waals surface area contributed by atoms with Gasteiger partial charge in [-0.2, -0.15) is 0 Å². The zero-order valence-corrected chi connectivity index (χ0v) is 18.9. The number of nitrogens with zero attached hydrogens (tertiary/aromatic N) is 2. The molecule has 7 nitrogen and oxygen atoms in total. The highest BCUT2D eigenvalue weighted by Gasteiger charge is 2.22. The number of benzene rings is 2. The molecular formula is C26H25FN4O3. The lowest BCUT2D eigenvalue weighted by Gasteiger charge is -2.25. The fourth-order valence-corrected chi connectivity index (χ4v) is 3.78. The molecule has 8 heteroatoms. The van der Waals surface area contributed by atoms with Gasteiger partial charge in [-0.25, -0.2) is 9.37 Å². The summed E-state index contributed by atoms with van der Waals surface area (Å²) in [5.41, 5.74) is 2.03. The largest absolute Gasteiger partial charge is 0.383 e. The molecule has 0 saturated carbocycles. The van der Waals surface area contributed by atoms with Crippen molar-refractivity contribution in [2.24, 2.45) is 0 Å². The van der Waals surface area contributed by atoms with Crippen LogP contribution in [0.1, 0.15) is 39.3 Å². The number of hydrogen-bond acceptors (Lipinski definition) is 4. The summed E-state index contributed by atoms with van der Waals surface area (Å²) in [5, 5.41) is 5.52. The number of halogens is 1. The molecule has 0 spiro atoms. The number of methoxy groups -OCH3 is 1. The molecule has 174 valence electrons. The minimum atomic E-state index is -0.648. The fraction of sp³-hybridized carbons (Fsp3) is 0.192. The van der Waals surface area contributed by atoms with Crippen molar-refractivity contribution in [1.82, 2.24) is 14.7 Å². The van der Waals surface area contributed by atoms with E-state index < -0.39 is 17.6 Å². The first kappa shape index (κ1) is 23.1. The Bertz CT molecular complexity index is 1310. The first-order chi connectivity index (χ1) is 16.5. The monoisotopic (exact) mass is 460 g/mol. The highest BCUT2D eigenvalue weighted by atomic mass is 19.1. The van der Waals surface area contributed by atoms with E-state index in [4.69, 9.17) is 4.74 Å². The summed E-state index contributed by atoms with van der Waals surface area (Å²) in [7, 11) is 1.57. The van der Waals surface area contributed by atoms with Crippen LogP contribution in [0.25, 0.3) is 5.65 Å². The molecule has 4 rings (SSSR count). The maximum Gasteiger partial charge on any atom is 0.274 e. The molecule has 0 aliphatic carbocycles. The highest BCUT2D eigenvalue weighted by Crippen LogP contribution is 2.21. The fourth-order valence-electron chi connectivity index (χ4n) is 3.78. The number of aromatic nitrogens is 2.